The van der Waals surface area contributed by atoms with Crippen molar-refractivity contribution in [1.82, 2.24) is 5.32 Å². The number of benzene rings is 2. The topological polar surface area (TPSA) is 71.9 Å². The molecule has 6 nitrogen and oxygen atoms in total. The van der Waals surface area contributed by atoms with Crippen molar-refractivity contribution >= 4 is 17.5 Å². The highest BCUT2D eigenvalue weighted by Crippen LogP contribution is 2.17. The lowest BCUT2D eigenvalue weighted by Gasteiger charge is -2.22. The average molecular weight is 340 g/mol. The van der Waals surface area contributed by atoms with Gasteiger partial charge in [0.25, 0.3) is 11.8 Å². The maximum atomic E-state index is 12.1. The molecule has 1 saturated heterocycles. The average Bonchev–Trinajstić information content (AvgIpc) is 2.62. The Balaban J connectivity index is 1.47. The summed E-state index contributed by atoms with van der Waals surface area (Å²) < 4.78 is 5.72. The third-order valence-electron chi connectivity index (χ3n) is 4.01. The number of carbonyl (C=O) groups is 2. The summed E-state index contributed by atoms with van der Waals surface area (Å²) >= 11 is 0. The first-order valence-electron chi connectivity index (χ1n) is 8.36. The van der Waals surface area contributed by atoms with Crippen molar-refractivity contribution in [3.05, 3.63) is 60.2 Å². The van der Waals surface area contributed by atoms with Gasteiger partial charge in [-0.3, -0.25) is 9.59 Å². The van der Waals surface area contributed by atoms with E-state index < -0.39 is 0 Å². The van der Waals surface area contributed by atoms with Gasteiger partial charge < -0.3 is 20.3 Å². The minimum absolute atomic E-state index is 0.00559. The summed E-state index contributed by atoms with van der Waals surface area (Å²) in [6, 6.07) is 17.2. The van der Waals surface area contributed by atoms with E-state index in [0.717, 1.165) is 28.4 Å². The molecule has 130 valence electrons. The summed E-state index contributed by atoms with van der Waals surface area (Å²) in [5.74, 6) is 0.650. The minimum atomic E-state index is -0.0948. The zero-order valence-electron chi connectivity index (χ0n) is 14.0. The summed E-state index contributed by atoms with van der Waals surface area (Å²) in [5.41, 5.74) is 1.83. The Morgan fingerprint density at radius 2 is 1.88 bits per heavy atom. The summed E-state index contributed by atoms with van der Waals surface area (Å²) in [4.78, 5) is 24.4. The molecular weight excluding hydrogens is 318 g/mol. The van der Waals surface area contributed by atoms with Gasteiger partial charge in [-0.1, -0.05) is 30.3 Å². The molecule has 1 aliphatic heterocycles. The summed E-state index contributed by atoms with van der Waals surface area (Å²) in [6.07, 6.45) is 0. The van der Waals surface area contributed by atoms with Crippen LogP contribution in [-0.2, 0) is 16.2 Å². The van der Waals surface area contributed by atoms with Crippen LogP contribution in [0.3, 0.4) is 0 Å². The van der Waals surface area contributed by atoms with Crippen molar-refractivity contribution in [2.24, 2.45) is 0 Å². The molecule has 2 amide bonds. The summed E-state index contributed by atoms with van der Waals surface area (Å²) in [7, 11) is 0. The van der Waals surface area contributed by atoms with Gasteiger partial charge in [-0.2, -0.15) is 0 Å². The van der Waals surface area contributed by atoms with E-state index in [4.69, 9.17) is 4.74 Å². The predicted molar refractivity (Wildman–Crippen MR) is 94.4 cm³/mol. The van der Waals surface area contributed by atoms with Gasteiger partial charge in [0.1, 0.15) is 12.4 Å². The molecule has 1 fully saturated rings. The number of carbonyl (C=O) groups excluding carboxylic acids is 2. The minimum Gasteiger partial charge on any atom is -0.489 e. The Morgan fingerprint density at radius 1 is 1.12 bits per heavy atom. The number of ether oxygens (including phenoxy) is 1. The molecule has 1 unspecified atom stereocenters. The molecule has 2 aromatic carbocycles. The van der Waals surface area contributed by atoms with Crippen LogP contribution in [0.15, 0.2) is 54.6 Å². The van der Waals surface area contributed by atoms with Crippen LogP contribution in [0.25, 0.3) is 0 Å². The lowest BCUT2D eigenvalue weighted by Crippen LogP contribution is -3.16. The third-order valence-corrected chi connectivity index (χ3v) is 4.01. The third kappa shape index (κ3) is 5.32. The van der Waals surface area contributed by atoms with Gasteiger partial charge in [0.2, 0.25) is 0 Å². The Labute approximate surface area is 146 Å². The number of anilines is 1. The lowest BCUT2D eigenvalue weighted by molar-refractivity contribution is -0.885. The lowest BCUT2D eigenvalue weighted by atomic mass is 10.2. The van der Waals surface area contributed by atoms with Crippen LogP contribution < -0.4 is 20.3 Å². The van der Waals surface area contributed by atoms with E-state index in [0.29, 0.717) is 26.2 Å². The molecule has 0 spiro atoms. The second-order valence-electron chi connectivity index (χ2n) is 6.05. The van der Waals surface area contributed by atoms with Gasteiger partial charge in [-0.05, 0) is 29.8 Å². The second kappa shape index (κ2) is 8.30. The highest BCUT2D eigenvalue weighted by Gasteiger charge is 2.22. The van der Waals surface area contributed by atoms with Crippen LogP contribution in [0, 0.1) is 0 Å². The van der Waals surface area contributed by atoms with Gasteiger partial charge >= 0.3 is 0 Å². The number of rotatable bonds is 6. The van der Waals surface area contributed by atoms with E-state index in [1.807, 2.05) is 54.6 Å². The van der Waals surface area contributed by atoms with Crippen LogP contribution >= 0.6 is 0 Å². The van der Waals surface area contributed by atoms with E-state index >= 15 is 0 Å². The molecule has 1 atom stereocenters. The molecule has 0 radical (unpaired) electrons. The largest absolute Gasteiger partial charge is 0.489 e. The van der Waals surface area contributed by atoms with Crippen LogP contribution in [0.4, 0.5) is 5.69 Å². The first kappa shape index (κ1) is 17.0. The number of hydrogen-bond acceptors (Lipinski definition) is 3. The molecule has 1 aliphatic rings. The fraction of sp³-hybridized carbons (Fsp3) is 0.263. The molecule has 6 heteroatoms. The van der Waals surface area contributed by atoms with E-state index in [1.54, 1.807) is 0 Å². The SMILES string of the molecule is O=C1C[NH+](CC(=O)Nc2ccc(OCc3ccccc3)cc2)CCN1. The van der Waals surface area contributed by atoms with Crippen LogP contribution in [-0.4, -0.2) is 38.0 Å². The molecule has 0 bridgehead atoms. The highest BCUT2D eigenvalue weighted by atomic mass is 16.5. The maximum absolute atomic E-state index is 12.1. The van der Waals surface area contributed by atoms with E-state index in [9.17, 15) is 9.59 Å². The Kier molecular flexibility index (Phi) is 5.64. The van der Waals surface area contributed by atoms with Crippen LogP contribution in [0.1, 0.15) is 5.56 Å². The summed E-state index contributed by atoms with van der Waals surface area (Å²) in [6.45, 7) is 2.53. The van der Waals surface area contributed by atoms with Crippen molar-refractivity contribution in [3.63, 3.8) is 0 Å². The standard InChI is InChI=1S/C19H21N3O3/c23-18-12-22(11-10-20-18)13-19(24)21-16-6-8-17(9-7-16)25-14-15-4-2-1-3-5-15/h1-9H,10-14H2,(H,20,23)(H,21,24)/p+1. The smallest absolute Gasteiger partial charge is 0.279 e. The molecule has 2 aromatic rings. The fourth-order valence-electron chi connectivity index (χ4n) is 2.72. The Hall–Kier alpha value is -2.86. The van der Waals surface area contributed by atoms with Gasteiger partial charge in [0, 0.05) is 5.69 Å². The zero-order chi connectivity index (χ0) is 17.5. The number of hydrogen-bond donors (Lipinski definition) is 3. The van der Waals surface area contributed by atoms with Crippen molar-refractivity contribution in [2.75, 3.05) is 31.5 Å². The normalized spacial score (nSPS) is 16.8. The van der Waals surface area contributed by atoms with Crippen molar-refractivity contribution < 1.29 is 19.2 Å². The van der Waals surface area contributed by atoms with Crippen molar-refractivity contribution in [3.8, 4) is 5.75 Å². The molecule has 1 heterocycles. The van der Waals surface area contributed by atoms with Crippen molar-refractivity contribution in [1.29, 1.82) is 0 Å². The monoisotopic (exact) mass is 340 g/mol. The van der Waals surface area contributed by atoms with E-state index in [-0.39, 0.29) is 11.8 Å². The highest BCUT2D eigenvalue weighted by molar-refractivity contribution is 5.91. The number of quaternary nitrogens is 1. The van der Waals surface area contributed by atoms with Crippen LogP contribution in [0.5, 0.6) is 5.75 Å². The Bertz CT molecular complexity index is 716. The maximum Gasteiger partial charge on any atom is 0.279 e. The fourth-order valence-corrected chi connectivity index (χ4v) is 2.72. The van der Waals surface area contributed by atoms with Gasteiger partial charge in [0.05, 0.1) is 13.1 Å². The van der Waals surface area contributed by atoms with Crippen molar-refractivity contribution in [2.45, 2.75) is 6.61 Å². The Morgan fingerprint density at radius 3 is 2.60 bits per heavy atom. The molecule has 0 aliphatic carbocycles. The van der Waals surface area contributed by atoms with Crippen LogP contribution in [0.2, 0.25) is 0 Å². The quantitative estimate of drug-likeness (QED) is 0.704. The second-order valence-corrected chi connectivity index (χ2v) is 6.05. The first-order valence-corrected chi connectivity index (χ1v) is 8.36. The molecule has 0 saturated carbocycles. The first-order chi connectivity index (χ1) is 12.2. The predicted octanol–water partition coefficient (Wildman–Crippen LogP) is 0.219. The molecule has 3 N–H and O–H groups in total. The number of nitrogens with one attached hydrogen (secondary N) is 3. The molecule has 3 rings (SSSR count). The van der Waals surface area contributed by atoms with Gasteiger partial charge in [-0.25, -0.2) is 0 Å². The summed E-state index contributed by atoms with van der Waals surface area (Å²) in [5, 5.41) is 5.62. The number of amides is 2. The molecular formula is C19H22N3O3+. The van der Waals surface area contributed by atoms with Gasteiger partial charge in [0.15, 0.2) is 13.1 Å². The molecule has 25 heavy (non-hydrogen) atoms. The van der Waals surface area contributed by atoms with E-state index in [1.165, 1.54) is 0 Å². The van der Waals surface area contributed by atoms with Gasteiger partial charge in [-0.15, -0.1) is 0 Å². The molecule has 0 aromatic heterocycles. The number of piperazine rings is 1. The zero-order valence-corrected chi connectivity index (χ0v) is 14.0. The van der Waals surface area contributed by atoms with E-state index in [2.05, 4.69) is 10.6 Å².